The quantitative estimate of drug-likeness (QED) is 0.900. The van der Waals surface area contributed by atoms with Crippen molar-refractivity contribution in [2.24, 2.45) is 0 Å². The Bertz CT molecular complexity index is 390. The van der Waals surface area contributed by atoms with Gasteiger partial charge in [0.15, 0.2) is 0 Å². The highest BCUT2D eigenvalue weighted by atomic mass is 32.1. The van der Waals surface area contributed by atoms with Gasteiger partial charge in [-0.25, -0.2) is 4.98 Å². The molecule has 102 valence electrons. The molecule has 0 saturated carbocycles. The molecule has 1 aliphatic rings. The van der Waals surface area contributed by atoms with Crippen LogP contribution in [0.1, 0.15) is 28.0 Å². The first-order chi connectivity index (χ1) is 8.61. The Morgan fingerprint density at radius 2 is 2.17 bits per heavy atom. The van der Waals surface area contributed by atoms with Gasteiger partial charge in [-0.3, -0.25) is 4.90 Å². The molecule has 1 unspecified atom stereocenters. The van der Waals surface area contributed by atoms with Gasteiger partial charge < -0.3 is 10.2 Å². The fraction of sp³-hybridized carbons (Fsp3) is 0.769. The van der Waals surface area contributed by atoms with Gasteiger partial charge >= 0.3 is 0 Å². The number of aryl methyl sites for hydroxylation is 1. The summed E-state index contributed by atoms with van der Waals surface area (Å²) in [5.41, 5.74) is 1.18. The zero-order valence-corrected chi connectivity index (χ0v) is 12.7. The molecular formula is C13H24N4S. The molecule has 1 N–H and O–H groups in total. The summed E-state index contributed by atoms with van der Waals surface area (Å²) in [5, 5.41) is 4.49. The van der Waals surface area contributed by atoms with Crippen molar-refractivity contribution in [2.75, 3.05) is 40.8 Å². The molecule has 1 fully saturated rings. The lowest BCUT2D eigenvalue weighted by atomic mass is 10.2. The van der Waals surface area contributed by atoms with Gasteiger partial charge in [0.25, 0.3) is 0 Å². The van der Waals surface area contributed by atoms with E-state index in [1.165, 1.54) is 28.5 Å². The van der Waals surface area contributed by atoms with Gasteiger partial charge in [0.2, 0.25) is 0 Å². The van der Waals surface area contributed by atoms with Gasteiger partial charge in [0.1, 0.15) is 5.01 Å². The molecule has 1 aromatic rings. The molecule has 0 amide bonds. The maximum atomic E-state index is 4.79. The van der Waals surface area contributed by atoms with E-state index in [1.807, 2.05) is 18.4 Å². The van der Waals surface area contributed by atoms with E-state index in [9.17, 15) is 0 Å². The largest absolute Gasteiger partial charge is 0.315 e. The average molecular weight is 268 g/mol. The van der Waals surface area contributed by atoms with Gasteiger partial charge in [-0.05, 0) is 47.6 Å². The smallest absolute Gasteiger partial charge is 0.112 e. The lowest BCUT2D eigenvalue weighted by molar-refractivity contribution is 0.228. The Morgan fingerprint density at radius 3 is 2.89 bits per heavy atom. The van der Waals surface area contributed by atoms with Gasteiger partial charge in [0, 0.05) is 18.0 Å². The highest BCUT2D eigenvalue weighted by molar-refractivity contribution is 7.11. The minimum atomic E-state index is 0.451. The fourth-order valence-electron chi connectivity index (χ4n) is 2.46. The number of hydrogen-bond acceptors (Lipinski definition) is 5. The summed E-state index contributed by atoms with van der Waals surface area (Å²) in [4.78, 5) is 11.0. The molecule has 0 aliphatic carbocycles. The summed E-state index contributed by atoms with van der Waals surface area (Å²) < 4.78 is 0. The minimum Gasteiger partial charge on any atom is -0.315 e. The molecule has 1 atom stereocenters. The Labute approximate surface area is 114 Å². The summed E-state index contributed by atoms with van der Waals surface area (Å²) in [7, 11) is 6.42. The molecule has 0 bridgehead atoms. The fourth-order valence-corrected chi connectivity index (χ4v) is 3.69. The molecule has 0 radical (unpaired) electrons. The van der Waals surface area contributed by atoms with E-state index in [4.69, 9.17) is 4.98 Å². The first-order valence-corrected chi connectivity index (χ1v) is 7.43. The molecule has 2 heterocycles. The van der Waals surface area contributed by atoms with Crippen molar-refractivity contribution in [3.8, 4) is 0 Å². The van der Waals surface area contributed by atoms with Crippen molar-refractivity contribution in [3.63, 3.8) is 0 Å². The van der Waals surface area contributed by atoms with Gasteiger partial charge in [-0.15, -0.1) is 11.3 Å². The molecule has 0 spiro atoms. The maximum Gasteiger partial charge on any atom is 0.112 e. The summed E-state index contributed by atoms with van der Waals surface area (Å²) in [6.45, 7) is 6.48. The van der Waals surface area contributed by atoms with Crippen LogP contribution in [0.5, 0.6) is 0 Å². The van der Waals surface area contributed by atoms with Crippen molar-refractivity contribution >= 4 is 11.3 Å². The molecule has 2 rings (SSSR count). The summed E-state index contributed by atoms with van der Waals surface area (Å²) in [5.74, 6) is 0. The van der Waals surface area contributed by atoms with Crippen LogP contribution in [0.4, 0.5) is 0 Å². The number of nitrogens with one attached hydrogen (secondary N) is 1. The lowest BCUT2D eigenvalue weighted by Crippen LogP contribution is -2.30. The van der Waals surface area contributed by atoms with Gasteiger partial charge in [-0.2, -0.15) is 0 Å². The standard InChI is InChI=1S/C13H24N4S/c1-10-12(8-14-2)18-13(15-10)11-9-16(3)6-5-7-17(11)4/h11,14H,5-9H2,1-4H3. The van der Waals surface area contributed by atoms with E-state index in [1.54, 1.807) is 0 Å². The van der Waals surface area contributed by atoms with Crippen molar-refractivity contribution in [1.29, 1.82) is 0 Å². The minimum absolute atomic E-state index is 0.451. The van der Waals surface area contributed by atoms with Gasteiger partial charge in [0.05, 0.1) is 11.7 Å². The van der Waals surface area contributed by atoms with E-state index in [-0.39, 0.29) is 0 Å². The SMILES string of the molecule is CNCc1sc(C2CN(C)CCCN2C)nc1C. The van der Waals surface area contributed by atoms with Crippen LogP contribution in [-0.2, 0) is 6.54 Å². The van der Waals surface area contributed by atoms with E-state index in [0.717, 1.165) is 19.6 Å². The highest BCUT2D eigenvalue weighted by Gasteiger charge is 2.25. The first kappa shape index (κ1) is 13.9. The second-order valence-electron chi connectivity index (χ2n) is 5.20. The van der Waals surface area contributed by atoms with Crippen molar-refractivity contribution < 1.29 is 0 Å². The normalized spacial score (nSPS) is 23.2. The Hall–Kier alpha value is -0.490. The Kier molecular flexibility index (Phi) is 4.72. The maximum absolute atomic E-state index is 4.79. The predicted molar refractivity (Wildman–Crippen MR) is 77.1 cm³/mol. The van der Waals surface area contributed by atoms with Crippen LogP contribution in [0, 0.1) is 6.92 Å². The zero-order chi connectivity index (χ0) is 13.1. The molecular weight excluding hydrogens is 244 g/mol. The topological polar surface area (TPSA) is 31.4 Å². The Morgan fingerprint density at radius 1 is 1.39 bits per heavy atom. The number of hydrogen-bond donors (Lipinski definition) is 1. The summed E-state index contributed by atoms with van der Waals surface area (Å²) in [6.07, 6.45) is 1.25. The third-order valence-electron chi connectivity index (χ3n) is 3.60. The van der Waals surface area contributed by atoms with Crippen LogP contribution < -0.4 is 5.32 Å². The van der Waals surface area contributed by atoms with E-state index in [2.05, 4.69) is 36.1 Å². The number of rotatable bonds is 3. The number of thiazole rings is 1. The number of likely N-dealkylation sites (N-methyl/N-ethyl adjacent to an activating group) is 2. The van der Waals surface area contributed by atoms with E-state index >= 15 is 0 Å². The molecule has 18 heavy (non-hydrogen) atoms. The van der Waals surface area contributed by atoms with Crippen LogP contribution in [0.25, 0.3) is 0 Å². The second kappa shape index (κ2) is 6.10. The molecule has 5 heteroatoms. The molecule has 1 aromatic heterocycles. The van der Waals surface area contributed by atoms with E-state index in [0.29, 0.717) is 6.04 Å². The van der Waals surface area contributed by atoms with Crippen LogP contribution in [0.3, 0.4) is 0 Å². The van der Waals surface area contributed by atoms with Crippen molar-refractivity contribution in [3.05, 3.63) is 15.6 Å². The number of aromatic nitrogens is 1. The van der Waals surface area contributed by atoms with E-state index < -0.39 is 0 Å². The van der Waals surface area contributed by atoms with Crippen molar-refractivity contribution in [1.82, 2.24) is 20.1 Å². The lowest BCUT2D eigenvalue weighted by Gasteiger charge is -2.25. The van der Waals surface area contributed by atoms with Gasteiger partial charge in [-0.1, -0.05) is 0 Å². The second-order valence-corrected chi connectivity index (χ2v) is 6.32. The predicted octanol–water partition coefficient (Wildman–Crippen LogP) is 1.48. The first-order valence-electron chi connectivity index (χ1n) is 6.61. The molecule has 1 aliphatic heterocycles. The van der Waals surface area contributed by atoms with Crippen molar-refractivity contribution in [2.45, 2.75) is 25.9 Å². The Balaban J connectivity index is 2.19. The average Bonchev–Trinajstić information content (AvgIpc) is 2.58. The summed E-state index contributed by atoms with van der Waals surface area (Å²) >= 11 is 1.86. The molecule has 4 nitrogen and oxygen atoms in total. The van der Waals surface area contributed by atoms with Crippen LogP contribution in [0.2, 0.25) is 0 Å². The third-order valence-corrected chi connectivity index (χ3v) is 4.86. The molecule has 1 saturated heterocycles. The monoisotopic (exact) mass is 268 g/mol. The van der Waals surface area contributed by atoms with Crippen LogP contribution in [0.15, 0.2) is 0 Å². The van der Waals surface area contributed by atoms with Crippen LogP contribution in [-0.4, -0.2) is 55.6 Å². The third kappa shape index (κ3) is 3.09. The zero-order valence-electron chi connectivity index (χ0n) is 11.9. The summed E-state index contributed by atoms with van der Waals surface area (Å²) in [6, 6.07) is 0.451. The molecule has 0 aromatic carbocycles. The van der Waals surface area contributed by atoms with Crippen LogP contribution >= 0.6 is 11.3 Å². The number of nitrogens with zero attached hydrogens (tertiary/aromatic N) is 3. The highest BCUT2D eigenvalue weighted by Crippen LogP contribution is 2.29.